The molecule has 0 radical (unpaired) electrons. The number of carbonyl (C=O) groups is 1. The van der Waals surface area contributed by atoms with E-state index in [1.54, 1.807) is 0 Å². The average Bonchev–Trinajstić information content (AvgIpc) is 2.98. The highest BCUT2D eigenvalue weighted by Crippen LogP contribution is 2.13. The second-order valence-electron chi connectivity index (χ2n) is 11.7. The van der Waals surface area contributed by atoms with Crippen LogP contribution in [0.1, 0.15) is 131 Å². The van der Waals surface area contributed by atoms with Gasteiger partial charge < -0.3 is 4.74 Å². The van der Waals surface area contributed by atoms with Crippen LogP contribution in [-0.4, -0.2) is 12.6 Å². The minimum Gasteiger partial charge on any atom is -0.461 e. The number of ether oxygens (including phenoxy) is 1. The molecule has 2 heteroatoms. The van der Waals surface area contributed by atoms with Crippen molar-refractivity contribution >= 4 is 5.97 Å². The molecular weight excluding hydrogens is 536 g/mol. The van der Waals surface area contributed by atoms with Crippen LogP contribution in [0.2, 0.25) is 0 Å². The van der Waals surface area contributed by atoms with Crippen LogP contribution in [0, 0.1) is 0 Å². The molecule has 0 aliphatic carbocycles. The molecule has 0 saturated heterocycles. The van der Waals surface area contributed by atoms with Crippen molar-refractivity contribution in [3.8, 4) is 0 Å². The Morgan fingerprint density at radius 1 is 0.477 bits per heavy atom. The fourth-order valence-electron chi connectivity index (χ4n) is 4.14. The van der Waals surface area contributed by atoms with Crippen molar-refractivity contribution in [2.45, 2.75) is 131 Å². The largest absolute Gasteiger partial charge is 0.461 e. The van der Waals surface area contributed by atoms with Gasteiger partial charge in [0, 0.05) is 6.42 Å². The molecule has 0 fully saturated rings. The first-order valence-electron chi connectivity index (χ1n) is 17.0. The molecule has 0 aliphatic rings. The summed E-state index contributed by atoms with van der Waals surface area (Å²) < 4.78 is 5.39. The summed E-state index contributed by atoms with van der Waals surface area (Å²) in [4.78, 5) is 12.0. The van der Waals surface area contributed by atoms with E-state index in [9.17, 15) is 4.79 Å². The summed E-state index contributed by atoms with van der Waals surface area (Å²) in [5, 5.41) is 0. The Balaban J connectivity index is 3.89. The van der Waals surface area contributed by atoms with Gasteiger partial charge in [0.05, 0.1) is 0 Å². The molecule has 0 atom stereocenters. The highest BCUT2D eigenvalue weighted by molar-refractivity contribution is 5.69. The number of unbranched alkanes of at least 4 members (excludes halogenated alkanes) is 1. The maximum atomic E-state index is 12.0. The van der Waals surface area contributed by atoms with E-state index in [2.05, 4.69) is 133 Å². The van der Waals surface area contributed by atoms with Gasteiger partial charge in [0.25, 0.3) is 0 Å². The van der Waals surface area contributed by atoms with Crippen molar-refractivity contribution < 1.29 is 9.53 Å². The normalized spacial score (nSPS) is 13.6. The third-order valence-corrected chi connectivity index (χ3v) is 6.94. The van der Waals surface area contributed by atoms with E-state index in [1.165, 1.54) is 28.7 Å². The first-order chi connectivity index (χ1) is 21.3. The van der Waals surface area contributed by atoms with Gasteiger partial charge in [-0.25, -0.2) is 0 Å². The number of hydrogen-bond donors (Lipinski definition) is 0. The smallest absolute Gasteiger partial charge is 0.306 e. The van der Waals surface area contributed by atoms with Crippen molar-refractivity contribution in [1.82, 2.24) is 0 Å². The Morgan fingerprint density at radius 3 is 1.45 bits per heavy atom. The maximum absolute atomic E-state index is 12.0. The number of hydrogen-bond acceptors (Lipinski definition) is 2. The van der Waals surface area contributed by atoms with Crippen molar-refractivity contribution in [1.29, 1.82) is 0 Å². The Hall–Kier alpha value is -3.13. The van der Waals surface area contributed by atoms with Crippen molar-refractivity contribution in [2.75, 3.05) is 6.61 Å². The summed E-state index contributed by atoms with van der Waals surface area (Å²) in [6.45, 7) is 13.5. The van der Waals surface area contributed by atoms with Gasteiger partial charge in [0.15, 0.2) is 0 Å². The first kappa shape index (κ1) is 40.9. The molecule has 0 bridgehead atoms. The van der Waals surface area contributed by atoms with E-state index in [0.29, 0.717) is 13.0 Å². The average molecular weight is 601 g/mol. The summed E-state index contributed by atoms with van der Waals surface area (Å²) in [7, 11) is 0. The van der Waals surface area contributed by atoms with Gasteiger partial charge in [0.2, 0.25) is 0 Å². The van der Waals surface area contributed by atoms with Crippen LogP contribution in [0.15, 0.2) is 120 Å². The van der Waals surface area contributed by atoms with Gasteiger partial charge in [-0.1, -0.05) is 127 Å². The molecule has 0 rings (SSSR count). The first-order valence-corrected chi connectivity index (χ1v) is 17.0. The fourth-order valence-corrected chi connectivity index (χ4v) is 4.14. The van der Waals surface area contributed by atoms with E-state index in [-0.39, 0.29) is 5.97 Å². The molecule has 0 aromatic rings. The fraction of sp³-hybridized carbons (Fsp3) is 0.500. The summed E-state index contributed by atoms with van der Waals surface area (Å²) in [5.74, 6) is -0.131. The zero-order chi connectivity index (χ0) is 32.5. The van der Waals surface area contributed by atoms with Crippen molar-refractivity contribution in [3.63, 3.8) is 0 Å². The van der Waals surface area contributed by atoms with Crippen LogP contribution in [0.25, 0.3) is 0 Å². The third-order valence-electron chi connectivity index (χ3n) is 6.94. The second-order valence-corrected chi connectivity index (χ2v) is 11.7. The van der Waals surface area contributed by atoms with E-state index in [4.69, 9.17) is 4.74 Å². The van der Waals surface area contributed by atoms with Gasteiger partial charge in [-0.15, -0.1) is 0 Å². The SMILES string of the molecule is CCC/C=C/C=C/C/C=C/C/C=C/C/C=C/C/C=C\CCC(=O)OC/C=C(\C)CC/C=C(/C)CC/C=C(\C)CCC=C(C)C. The molecule has 244 valence electrons. The van der Waals surface area contributed by atoms with Gasteiger partial charge >= 0.3 is 5.97 Å². The maximum Gasteiger partial charge on any atom is 0.306 e. The lowest BCUT2D eigenvalue weighted by molar-refractivity contribution is -0.142. The quantitative estimate of drug-likeness (QED) is 0.0592. The molecule has 44 heavy (non-hydrogen) atoms. The molecule has 0 aromatic carbocycles. The van der Waals surface area contributed by atoms with E-state index < -0.39 is 0 Å². The Kier molecular flexibility index (Phi) is 29.1. The van der Waals surface area contributed by atoms with Crippen LogP contribution in [0.5, 0.6) is 0 Å². The highest BCUT2D eigenvalue weighted by atomic mass is 16.5. The molecule has 0 saturated carbocycles. The number of allylic oxidation sites excluding steroid dienone is 19. The number of rotatable bonds is 25. The molecule has 2 nitrogen and oxygen atoms in total. The van der Waals surface area contributed by atoms with Gasteiger partial charge in [-0.3, -0.25) is 4.79 Å². The Bertz CT molecular complexity index is 1030. The predicted molar refractivity (Wildman–Crippen MR) is 197 cm³/mol. The van der Waals surface area contributed by atoms with Crippen molar-refractivity contribution in [3.05, 3.63) is 120 Å². The standard InChI is InChI=1S/C42H64O2/c1-7-8-9-10-11-12-13-14-15-16-17-18-19-20-21-22-23-24-25-35-42(43)44-37-36-41(6)34-28-33-40(5)32-27-31-39(4)30-26-29-38(2)3/h9-12,14-15,17-18,20-21,23-24,29,31,33,36H,7-8,13,16,19,22,25-28,30,32,34-35,37H2,1-6H3/b10-9+,12-11+,15-14+,18-17+,21-20+,24-23-,39-31+,40-33-,41-36+. The molecule has 0 spiro atoms. The zero-order valence-electron chi connectivity index (χ0n) is 29.2. The van der Waals surface area contributed by atoms with Crippen molar-refractivity contribution in [2.24, 2.45) is 0 Å². The summed E-state index contributed by atoms with van der Waals surface area (Å²) in [6, 6.07) is 0. The Morgan fingerprint density at radius 2 is 0.932 bits per heavy atom. The van der Waals surface area contributed by atoms with Gasteiger partial charge in [-0.2, -0.15) is 0 Å². The lowest BCUT2D eigenvalue weighted by Gasteiger charge is -2.04. The molecule has 0 aliphatic heterocycles. The zero-order valence-corrected chi connectivity index (χ0v) is 29.2. The summed E-state index contributed by atoms with van der Waals surface area (Å²) >= 11 is 0. The number of carbonyl (C=O) groups excluding carboxylic acids is 1. The highest BCUT2D eigenvalue weighted by Gasteiger charge is 2.00. The van der Waals surface area contributed by atoms with Gasteiger partial charge in [0.1, 0.15) is 6.61 Å². The van der Waals surface area contributed by atoms with Crippen LogP contribution in [0.3, 0.4) is 0 Å². The topological polar surface area (TPSA) is 26.3 Å². The predicted octanol–water partition coefficient (Wildman–Crippen LogP) is 13.2. The lowest BCUT2D eigenvalue weighted by Crippen LogP contribution is -2.03. The molecule has 0 heterocycles. The minimum absolute atomic E-state index is 0.131. The van der Waals surface area contributed by atoms with E-state index in [1.807, 2.05) is 6.08 Å². The lowest BCUT2D eigenvalue weighted by atomic mass is 10.0. The van der Waals surface area contributed by atoms with Crippen LogP contribution in [-0.2, 0) is 9.53 Å². The van der Waals surface area contributed by atoms with Crippen LogP contribution >= 0.6 is 0 Å². The molecular formula is C42H64O2. The summed E-state index contributed by atoms with van der Waals surface area (Å²) in [6.07, 6.45) is 49.0. The van der Waals surface area contributed by atoms with Gasteiger partial charge in [-0.05, 0) is 118 Å². The molecule has 0 aromatic heterocycles. The number of esters is 1. The third kappa shape index (κ3) is 31.8. The Labute approximate surface area is 272 Å². The molecule has 0 unspecified atom stereocenters. The summed E-state index contributed by atoms with van der Waals surface area (Å²) in [5.41, 5.74) is 5.61. The molecule has 0 N–H and O–H groups in total. The monoisotopic (exact) mass is 600 g/mol. The van der Waals surface area contributed by atoms with E-state index >= 15 is 0 Å². The van der Waals surface area contributed by atoms with Crippen LogP contribution in [0.4, 0.5) is 0 Å². The second kappa shape index (κ2) is 31.3. The van der Waals surface area contributed by atoms with E-state index in [0.717, 1.165) is 77.0 Å². The van der Waals surface area contributed by atoms with Crippen LogP contribution < -0.4 is 0 Å². The molecule has 0 amide bonds. The minimum atomic E-state index is -0.131.